The molecule has 1 N–H and O–H groups in total. The Morgan fingerprint density at radius 2 is 1.63 bits per heavy atom. The number of halogens is 6. The Hall–Kier alpha value is -4.15. The van der Waals surface area contributed by atoms with E-state index in [2.05, 4.69) is 15.2 Å². The molecule has 5 nitrogen and oxygen atoms in total. The number of H-pyrrole nitrogens is 1. The van der Waals surface area contributed by atoms with Gasteiger partial charge in [0.2, 0.25) is 0 Å². The van der Waals surface area contributed by atoms with E-state index in [0.717, 1.165) is 12.0 Å². The number of rotatable bonds is 4. The summed E-state index contributed by atoms with van der Waals surface area (Å²) in [5.41, 5.74) is -1.04. The van der Waals surface area contributed by atoms with Crippen LogP contribution in [0.2, 0.25) is 0 Å². The van der Waals surface area contributed by atoms with Crippen LogP contribution in [0.3, 0.4) is 0 Å². The van der Waals surface area contributed by atoms with Crippen molar-refractivity contribution in [1.82, 2.24) is 20.1 Å². The Morgan fingerprint density at radius 3 is 2.24 bits per heavy atom. The molecular weight excluding hydrogens is 510 g/mol. The van der Waals surface area contributed by atoms with Gasteiger partial charge in [0, 0.05) is 48.7 Å². The molecule has 2 aromatic heterocycles. The highest BCUT2D eigenvalue weighted by Crippen LogP contribution is 2.41. The van der Waals surface area contributed by atoms with Crippen LogP contribution >= 0.6 is 0 Å². The van der Waals surface area contributed by atoms with Gasteiger partial charge in [-0.2, -0.15) is 31.4 Å². The molecule has 196 valence electrons. The lowest BCUT2D eigenvalue weighted by molar-refractivity contribution is -0.143. The number of hydrogen-bond acceptors (Lipinski definition) is 3. The number of pyridine rings is 1. The van der Waals surface area contributed by atoms with E-state index in [1.54, 1.807) is 17.3 Å². The summed E-state index contributed by atoms with van der Waals surface area (Å²) in [7, 11) is 0. The molecule has 1 aliphatic heterocycles. The summed E-state index contributed by atoms with van der Waals surface area (Å²) >= 11 is 0. The quantitative estimate of drug-likeness (QED) is 0.295. The minimum atomic E-state index is -4.98. The van der Waals surface area contributed by atoms with Crippen molar-refractivity contribution < 1.29 is 31.1 Å². The van der Waals surface area contributed by atoms with E-state index < -0.39 is 23.5 Å². The molecular formula is C27H20F6N4O. The summed E-state index contributed by atoms with van der Waals surface area (Å²) in [5.74, 6) is -0.168. The molecule has 0 spiro atoms. The molecule has 5 rings (SSSR count). The average Bonchev–Trinajstić information content (AvgIpc) is 3.60. The number of nitrogens with zero attached hydrogens (tertiary/aromatic N) is 3. The highest BCUT2D eigenvalue weighted by Gasteiger charge is 2.37. The van der Waals surface area contributed by atoms with Crippen molar-refractivity contribution in [2.75, 3.05) is 13.1 Å². The zero-order valence-electron chi connectivity index (χ0n) is 19.6. The van der Waals surface area contributed by atoms with Crippen LogP contribution in [-0.2, 0) is 12.4 Å². The van der Waals surface area contributed by atoms with Gasteiger partial charge in [-0.15, -0.1) is 0 Å². The fourth-order valence-electron chi connectivity index (χ4n) is 4.69. The van der Waals surface area contributed by atoms with Crippen molar-refractivity contribution in [1.29, 1.82) is 0 Å². The zero-order valence-corrected chi connectivity index (χ0v) is 19.6. The van der Waals surface area contributed by atoms with Crippen molar-refractivity contribution in [2.24, 2.45) is 0 Å². The maximum Gasteiger partial charge on any atom is 0.416 e. The van der Waals surface area contributed by atoms with Gasteiger partial charge in [0.05, 0.1) is 17.3 Å². The molecule has 0 radical (unpaired) electrons. The van der Waals surface area contributed by atoms with Gasteiger partial charge in [0.25, 0.3) is 5.91 Å². The predicted octanol–water partition coefficient (Wildman–Crippen LogP) is 6.81. The standard InChI is InChI=1S/C27H20F6N4O/c28-26(29,30)21-8-19(9-22(11-21)27(31,32)33)23-4-3-16(10-24(23)20-13-35-36-14-20)25(38)37-7-5-18(15-37)17-2-1-6-34-12-17/h1-4,6,8-14,18H,5,7,15H2,(H,35,36). The molecule has 2 aromatic carbocycles. The Labute approximate surface area is 213 Å². The molecule has 0 saturated carbocycles. The third-order valence-corrected chi connectivity index (χ3v) is 6.61. The highest BCUT2D eigenvalue weighted by atomic mass is 19.4. The van der Waals surface area contributed by atoms with Crippen molar-refractivity contribution in [3.63, 3.8) is 0 Å². The molecule has 0 bridgehead atoms. The van der Waals surface area contributed by atoms with Crippen molar-refractivity contribution in [3.05, 3.63) is 95.6 Å². The number of alkyl halides is 6. The smallest absolute Gasteiger partial charge is 0.338 e. The first kappa shape index (κ1) is 25.5. The normalized spacial score (nSPS) is 16.2. The Kier molecular flexibility index (Phi) is 6.46. The largest absolute Gasteiger partial charge is 0.416 e. The minimum Gasteiger partial charge on any atom is -0.338 e. The lowest BCUT2D eigenvalue weighted by atomic mass is 9.91. The first-order valence-electron chi connectivity index (χ1n) is 11.6. The zero-order chi connectivity index (χ0) is 27.1. The van der Waals surface area contributed by atoms with Gasteiger partial charge < -0.3 is 4.90 Å². The van der Waals surface area contributed by atoms with E-state index in [-0.39, 0.29) is 40.1 Å². The van der Waals surface area contributed by atoms with Crippen molar-refractivity contribution in [3.8, 4) is 22.3 Å². The number of nitrogens with one attached hydrogen (secondary N) is 1. The van der Waals surface area contributed by atoms with Gasteiger partial charge in [-0.1, -0.05) is 12.1 Å². The first-order valence-corrected chi connectivity index (χ1v) is 11.6. The third-order valence-electron chi connectivity index (χ3n) is 6.61. The molecule has 38 heavy (non-hydrogen) atoms. The van der Waals surface area contributed by atoms with E-state index >= 15 is 0 Å². The Balaban J connectivity index is 1.54. The number of aromatic amines is 1. The van der Waals surface area contributed by atoms with E-state index in [4.69, 9.17) is 0 Å². The van der Waals surface area contributed by atoms with Crippen molar-refractivity contribution >= 4 is 5.91 Å². The Morgan fingerprint density at radius 1 is 0.895 bits per heavy atom. The number of carbonyl (C=O) groups excluding carboxylic acids is 1. The summed E-state index contributed by atoms with van der Waals surface area (Å²) in [6, 6.07) is 9.49. The summed E-state index contributed by atoms with van der Waals surface area (Å²) < 4.78 is 80.9. The maximum atomic E-state index is 13.5. The summed E-state index contributed by atoms with van der Waals surface area (Å²) in [4.78, 5) is 19.2. The number of hydrogen-bond donors (Lipinski definition) is 1. The summed E-state index contributed by atoms with van der Waals surface area (Å²) in [5, 5.41) is 6.45. The van der Waals surface area contributed by atoms with Crippen LogP contribution < -0.4 is 0 Å². The number of likely N-dealkylation sites (tertiary alicyclic amines) is 1. The van der Waals surface area contributed by atoms with Crippen LogP contribution in [0, 0.1) is 0 Å². The molecule has 0 aliphatic carbocycles. The Bertz CT molecular complexity index is 1420. The fourth-order valence-corrected chi connectivity index (χ4v) is 4.69. The number of benzene rings is 2. The third kappa shape index (κ3) is 5.13. The SMILES string of the molecule is O=C(c1ccc(-c2cc(C(F)(F)F)cc(C(F)(F)F)c2)c(-c2cn[nH]c2)c1)N1CCC(c2cccnc2)C1. The van der Waals surface area contributed by atoms with Crippen LogP contribution in [-0.4, -0.2) is 39.1 Å². The molecule has 1 saturated heterocycles. The second kappa shape index (κ2) is 9.62. The molecule has 1 aliphatic rings. The fraction of sp³-hybridized carbons (Fsp3) is 0.222. The monoisotopic (exact) mass is 530 g/mol. The van der Waals surface area contributed by atoms with E-state index in [0.29, 0.717) is 30.8 Å². The van der Waals surface area contributed by atoms with Gasteiger partial charge >= 0.3 is 12.4 Å². The first-order chi connectivity index (χ1) is 18.0. The average molecular weight is 530 g/mol. The van der Waals surface area contributed by atoms with Gasteiger partial charge in [0.15, 0.2) is 0 Å². The molecule has 1 unspecified atom stereocenters. The van der Waals surface area contributed by atoms with Gasteiger partial charge in [-0.3, -0.25) is 14.9 Å². The molecule has 1 atom stereocenters. The minimum absolute atomic E-state index is 0.0883. The van der Waals surface area contributed by atoms with Crippen LogP contribution in [0.5, 0.6) is 0 Å². The van der Waals surface area contributed by atoms with Crippen LogP contribution in [0.1, 0.15) is 39.4 Å². The van der Waals surface area contributed by atoms with Gasteiger partial charge in [0.1, 0.15) is 0 Å². The van der Waals surface area contributed by atoms with Crippen LogP contribution in [0.4, 0.5) is 26.3 Å². The van der Waals surface area contributed by atoms with Crippen molar-refractivity contribution in [2.45, 2.75) is 24.7 Å². The number of amides is 1. The maximum absolute atomic E-state index is 13.5. The predicted molar refractivity (Wildman–Crippen MR) is 127 cm³/mol. The number of carbonyl (C=O) groups is 1. The lowest BCUT2D eigenvalue weighted by Gasteiger charge is -2.19. The summed E-state index contributed by atoms with van der Waals surface area (Å²) in [6.45, 7) is 0.972. The second-order valence-electron chi connectivity index (χ2n) is 9.07. The lowest BCUT2D eigenvalue weighted by Crippen LogP contribution is -2.28. The summed E-state index contributed by atoms with van der Waals surface area (Å²) in [6.07, 6.45) is -2.95. The molecule has 4 aromatic rings. The topological polar surface area (TPSA) is 61.9 Å². The molecule has 3 heterocycles. The van der Waals surface area contributed by atoms with E-state index in [1.807, 2.05) is 12.1 Å². The van der Waals surface area contributed by atoms with Crippen LogP contribution in [0.15, 0.2) is 73.3 Å². The molecule has 1 fully saturated rings. The molecule has 1 amide bonds. The molecule has 11 heteroatoms. The van der Waals surface area contributed by atoms with Gasteiger partial charge in [-0.05, 0) is 65.1 Å². The highest BCUT2D eigenvalue weighted by molar-refractivity contribution is 5.98. The van der Waals surface area contributed by atoms with Crippen LogP contribution in [0.25, 0.3) is 22.3 Å². The van der Waals surface area contributed by atoms with E-state index in [9.17, 15) is 31.1 Å². The second-order valence-corrected chi connectivity index (χ2v) is 9.07. The van der Waals surface area contributed by atoms with E-state index in [1.165, 1.54) is 30.6 Å². The number of aromatic nitrogens is 3. The van der Waals surface area contributed by atoms with Gasteiger partial charge in [-0.25, -0.2) is 0 Å².